The van der Waals surface area contributed by atoms with Gasteiger partial charge in [-0.15, -0.1) is 0 Å². The van der Waals surface area contributed by atoms with Gasteiger partial charge in [-0.25, -0.2) is 0 Å². The molecular weight excluding hydrogens is 907 g/mol. The topological polar surface area (TPSA) is 105 Å². The minimum absolute atomic E-state index is 0.161. The van der Waals surface area contributed by atoms with Gasteiger partial charge in [-0.05, 0) is 161 Å². The van der Waals surface area contributed by atoms with Crippen LogP contribution in [0, 0.1) is 5.92 Å². The molecule has 2 bridgehead atoms. The highest BCUT2D eigenvalue weighted by Gasteiger charge is 2.49. The molecule has 2 atom stereocenters. The van der Waals surface area contributed by atoms with Gasteiger partial charge in [0.05, 0.1) is 13.2 Å². The molecule has 0 spiro atoms. The minimum Gasteiger partial charge on any atom is -0.466 e. The van der Waals surface area contributed by atoms with E-state index in [2.05, 4.69) is 85.7 Å². The second-order valence-corrected chi connectivity index (χ2v) is 21.7. The Balaban J connectivity index is 0.0000131. The van der Waals surface area contributed by atoms with E-state index in [1.807, 2.05) is 27.9 Å². The van der Waals surface area contributed by atoms with Crippen molar-refractivity contribution in [3.8, 4) is 0 Å². The molecule has 9 heteroatoms. The minimum atomic E-state index is -1.22. The Labute approximate surface area is 449 Å². The largest absolute Gasteiger partial charge is 0.466 e. The third-order valence-corrected chi connectivity index (χ3v) is 14.5. The summed E-state index contributed by atoms with van der Waals surface area (Å²) >= 11 is 0. The predicted molar refractivity (Wildman–Crippen MR) is 310 cm³/mol. The summed E-state index contributed by atoms with van der Waals surface area (Å²) in [4.78, 5) is 59.1. The van der Waals surface area contributed by atoms with Crippen molar-refractivity contribution in [3.05, 3.63) is 60.3 Å². The Hall–Kier alpha value is -3.46. The molecule has 2 aliphatic rings. The van der Waals surface area contributed by atoms with E-state index >= 15 is 4.79 Å². The number of ether oxygens (including phenoxy) is 2. The van der Waals surface area contributed by atoms with Gasteiger partial charge in [-0.3, -0.25) is 19.2 Å². The molecule has 0 heterocycles. The Morgan fingerprint density at radius 2 is 1.05 bits per heavy atom. The van der Waals surface area contributed by atoms with Crippen LogP contribution < -0.4 is 5.32 Å². The summed E-state index contributed by atoms with van der Waals surface area (Å²) in [6, 6.07) is 0. The van der Waals surface area contributed by atoms with Gasteiger partial charge in [0.1, 0.15) is 5.54 Å². The van der Waals surface area contributed by atoms with E-state index in [0.717, 1.165) is 96.4 Å². The van der Waals surface area contributed by atoms with Crippen LogP contribution in [-0.4, -0.2) is 85.0 Å². The van der Waals surface area contributed by atoms with Crippen LogP contribution >= 0.6 is 0 Å². The number of esters is 2. The number of fused-ring (bicyclic) bond motifs is 2. The third kappa shape index (κ3) is 33.2. The second-order valence-electron chi connectivity index (χ2n) is 21.7. The average molecular weight is 1020 g/mol. The molecule has 0 aromatic carbocycles. The number of unbranched alkanes of at least 4 members (excludes halogenated alkanes) is 18. The van der Waals surface area contributed by atoms with E-state index in [-0.39, 0.29) is 42.1 Å². The van der Waals surface area contributed by atoms with Crippen molar-refractivity contribution in [3.63, 3.8) is 0 Å². The third-order valence-electron chi connectivity index (χ3n) is 14.5. The number of carbonyl (C=O) groups is 4. The Morgan fingerprint density at radius 1 is 0.616 bits per heavy atom. The summed E-state index contributed by atoms with van der Waals surface area (Å²) in [6.45, 7) is 14.3. The fraction of sp³-hybridized carbons (Fsp3) is 0.781. The molecule has 0 saturated heterocycles. The second kappa shape index (κ2) is 44.8. The highest BCUT2D eigenvalue weighted by molar-refractivity contribution is 5.91. The maximum absolute atomic E-state index is 15.1. The lowest BCUT2D eigenvalue weighted by Crippen LogP contribution is -2.64. The first kappa shape index (κ1) is 67.6. The van der Waals surface area contributed by atoms with Crippen LogP contribution in [0.5, 0.6) is 0 Å². The maximum Gasteiger partial charge on any atom is 0.305 e. The number of carbonyl (C=O) groups excluding carboxylic acids is 4. The number of rotatable bonds is 45. The standard InChI is InChI=1S/C62H107N3O6.C2H6/c1-7-9-11-13-15-17-19-21-23-25-27-29-31-33-35-37-50-70-58(67)42-39-45-62(65(56(4)66)49-41-48-64(5)6,60(69)63-61-47-44-57(54-61)52-55(3)53-61)46-40-43-59(68)71-51-38-36-34-32-30-28-26-24-22-20-18-16-14-12-10-8-2;1-2/h15-18,21-24,44,55H,7-14,19-20,25-43,45-54H2,1-6H3,(H,63,69);1-2H3/b17-15-,18-16-,23-21-,24-22-;. The lowest BCUT2D eigenvalue weighted by molar-refractivity contribution is -0.151. The van der Waals surface area contributed by atoms with Crippen molar-refractivity contribution in [1.29, 1.82) is 0 Å². The van der Waals surface area contributed by atoms with Crippen molar-refractivity contribution in [2.45, 2.75) is 277 Å². The SMILES string of the molecule is CC.CCCCC/C=C\C/C=C\CCCCCCCCOC(=O)CCCC(CCCC(=O)OCCCCCCCC/C=C\C/C=C\CCCCC)(C(=O)NC12CC=C(CC(C)C1)C2)N(CCCN(C)C)C(C)=O. The molecule has 2 unspecified atom stereocenters. The Kier molecular flexibility index (Phi) is 41.5. The maximum atomic E-state index is 15.1. The predicted octanol–water partition coefficient (Wildman–Crippen LogP) is 16.6. The molecule has 1 saturated carbocycles. The van der Waals surface area contributed by atoms with Gasteiger partial charge in [0.2, 0.25) is 11.8 Å². The Bertz CT molecular complexity index is 1510. The van der Waals surface area contributed by atoms with E-state index < -0.39 is 5.54 Å². The van der Waals surface area contributed by atoms with Gasteiger partial charge >= 0.3 is 11.9 Å². The molecule has 9 nitrogen and oxygen atoms in total. The average Bonchev–Trinajstić information content (AvgIpc) is 3.67. The van der Waals surface area contributed by atoms with Crippen molar-refractivity contribution in [1.82, 2.24) is 15.1 Å². The lowest BCUT2D eigenvalue weighted by Gasteiger charge is -2.46. The number of hydrogen-bond acceptors (Lipinski definition) is 7. The summed E-state index contributed by atoms with van der Waals surface area (Å²) in [7, 11) is 4.02. The Morgan fingerprint density at radius 3 is 1.49 bits per heavy atom. The molecule has 2 rings (SSSR count). The number of hydrogen-bond donors (Lipinski definition) is 1. The van der Waals surface area contributed by atoms with Crippen LogP contribution in [0.4, 0.5) is 0 Å². The first-order valence-corrected chi connectivity index (χ1v) is 30.3. The molecule has 0 aromatic rings. The summed E-state index contributed by atoms with van der Waals surface area (Å²) in [5.41, 5.74) is -0.199. The van der Waals surface area contributed by atoms with E-state index in [9.17, 15) is 14.4 Å². The summed E-state index contributed by atoms with van der Waals surface area (Å²) in [5.74, 6) is -0.401. The molecule has 420 valence electrons. The number of amides is 2. The highest BCUT2D eigenvalue weighted by Crippen LogP contribution is 2.44. The molecule has 0 radical (unpaired) electrons. The van der Waals surface area contributed by atoms with Crippen LogP contribution in [0.3, 0.4) is 0 Å². The summed E-state index contributed by atoms with van der Waals surface area (Å²) < 4.78 is 11.4. The quantitative estimate of drug-likeness (QED) is 0.0368. The molecule has 2 amide bonds. The van der Waals surface area contributed by atoms with Crippen LogP contribution in [0.1, 0.15) is 266 Å². The van der Waals surface area contributed by atoms with Gasteiger partial charge in [0.25, 0.3) is 0 Å². The van der Waals surface area contributed by atoms with E-state index in [4.69, 9.17) is 9.47 Å². The van der Waals surface area contributed by atoms with E-state index in [1.54, 1.807) is 11.8 Å². The zero-order valence-electron chi connectivity index (χ0n) is 48.7. The number of nitrogens with zero attached hydrogens (tertiary/aromatic N) is 2. The molecule has 0 aromatic heterocycles. The van der Waals surface area contributed by atoms with Crippen molar-refractivity contribution < 1.29 is 28.7 Å². The summed E-state index contributed by atoms with van der Waals surface area (Å²) in [5, 5.41) is 3.54. The van der Waals surface area contributed by atoms with E-state index in [0.29, 0.717) is 57.8 Å². The monoisotopic (exact) mass is 1020 g/mol. The number of nitrogens with one attached hydrogen (secondary N) is 1. The fourth-order valence-electron chi connectivity index (χ4n) is 10.6. The van der Waals surface area contributed by atoms with Gasteiger partial charge in [-0.2, -0.15) is 0 Å². The van der Waals surface area contributed by atoms with E-state index in [1.165, 1.54) is 95.5 Å². The van der Waals surface area contributed by atoms with Crippen molar-refractivity contribution in [2.75, 3.05) is 40.4 Å². The van der Waals surface area contributed by atoms with Gasteiger partial charge in [0, 0.05) is 31.8 Å². The molecule has 1 N–H and O–H groups in total. The first-order chi connectivity index (χ1) is 35.5. The number of allylic oxidation sites excluding steroid dienone is 8. The van der Waals surface area contributed by atoms with Crippen molar-refractivity contribution in [2.24, 2.45) is 5.92 Å². The van der Waals surface area contributed by atoms with Crippen LogP contribution in [0.15, 0.2) is 60.3 Å². The lowest BCUT2D eigenvalue weighted by atomic mass is 9.76. The van der Waals surface area contributed by atoms with Gasteiger partial charge in [0.15, 0.2) is 0 Å². The van der Waals surface area contributed by atoms with Crippen LogP contribution in [0.2, 0.25) is 0 Å². The molecule has 2 aliphatic carbocycles. The molecule has 73 heavy (non-hydrogen) atoms. The van der Waals surface area contributed by atoms with Crippen LogP contribution in [-0.2, 0) is 28.7 Å². The smallest absolute Gasteiger partial charge is 0.305 e. The zero-order valence-corrected chi connectivity index (χ0v) is 48.7. The molecular formula is C64H113N3O6. The van der Waals surface area contributed by atoms with Crippen LogP contribution in [0.25, 0.3) is 0 Å². The zero-order chi connectivity index (χ0) is 53.7. The molecule has 0 aliphatic heterocycles. The highest BCUT2D eigenvalue weighted by atomic mass is 16.5. The van der Waals surface area contributed by atoms with Gasteiger partial charge in [-0.1, -0.05) is 172 Å². The van der Waals surface area contributed by atoms with Gasteiger partial charge < -0.3 is 24.6 Å². The molecule has 1 fully saturated rings. The summed E-state index contributed by atoms with van der Waals surface area (Å²) in [6.07, 6.45) is 54.4. The normalized spacial score (nSPS) is 16.7. The van der Waals surface area contributed by atoms with Crippen molar-refractivity contribution >= 4 is 23.8 Å². The first-order valence-electron chi connectivity index (χ1n) is 30.3. The fourth-order valence-corrected chi connectivity index (χ4v) is 10.6.